The van der Waals surface area contributed by atoms with E-state index in [4.69, 9.17) is 0 Å². The highest BCUT2D eigenvalue weighted by Crippen LogP contribution is 2.60. The molecule has 0 N–H and O–H groups in total. The molecule has 1 heteroatoms. The summed E-state index contributed by atoms with van der Waals surface area (Å²) in [4.78, 5) is 2.54. The van der Waals surface area contributed by atoms with Crippen LogP contribution in [0.4, 0.5) is 17.1 Å². The Morgan fingerprint density at radius 1 is 0.339 bits per heavy atom. The molecule has 1 nitrogen and oxygen atoms in total. The second-order valence-corrected chi connectivity index (χ2v) is 15.3. The van der Waals surface area contributed by atoms with E-state index in [1.165, 1.54) is 83.2 Å². The minimum atomic E-state index is -0.186. The molecule has 1 aliphatic rings. The van der Waals surface area contributed by atoms with Crippen molar-refractivity contribution in [2.45, 2.75) is 19.3 Å². The fraction of sp³-hybridized carbons (Fsp3) is 0.0545. The largest absolute Gasteiger partial charge is 0.309 e. The molecule has 56 heavy (non-hydrogen) atoms. The molecular weight excluding hydrogens is 675 g/mol. The van der Waals surface area contributed by atoms with E-state index in [-0.39, 0.29) is 5.41 Å². The maximum atomic E-state index is 2.54. The molecule has 9 aromatic carbocycles. The van der Waals surface area contributed by atoms with Crippen molar-refractivity contribution in [1.82, 2.24) is 0 Å². The smallest absolute Gasteiger partial charge is 0.0625 e. The molecule has 0 atom stereocenters. The van der Waals surface area contributed by atoms with Gasteiger partial charge in [0.1, 0.15) is 0 Å². The Morgan fingerprint density at radius 3 is 1.41 bits per heavy atom. The van der Waals surface area contributed by atoms with Gasteiger partial charge >= 0.3 is 0 Å². The predicted molar refractivity (Wildman–Crippen MR) is 238 cm³/mol. The summed E-state index contributed by atoms with van der Waals surface area (Å²) in [6.07, 6.45) is 0. The summed E-state index contributed by atoms with van der Waals surface area (Å²) in [5.74, 6) is 0. The number of nitrogens with zero attached hydrogens (tertiary/aromatic N) is 1. The van der Waals surface area contributed by atoms with Gasteiger partial charge in [0, 0.05) is 27.6 Å². The van der Waals surface area contributed by atoms with Crippen LogP contribution in [-0.2, 0) is 5.41 Å². The van der Waals surface area contributed by atoms with E-state index < -0.39 is 0 Å². The highest BCUT2D eigenvalue weighted by atomic mass is 15.1. The Morgan fingerprint density at radius 2 is 0.786 bits per heavy atom. The number of rotatable bonds is 7. The summed E-state index contributed by atoms with van der Waals surface area (Å²) in [5.41, 5.74) is 18.2. The first kappa shape index (κ1) is 33.6. The molecule has 0 heterocycles. The van der Waals surface area contributed by atoms with Crippen molar-refractivity contribution in [3.63, 3.8) is 0 Å². The molecule has 0 aromatic heterocycles. The van der Waals surface area contributed by atoms with Gasteiger partial charge in [-0.15, -0.1) is 0 Å². The molecule has 0 saturated heterocycles. The molecule has 0 amide bonds. The zero-order chi connectivity index (χ0) is 37.6. The summed E-state index contributed by atoms with van der Waals surface area (Å²) in [5, 5.41) is 2.52. The second kappa shape index (κ2) is 13.7. The number of anilines is 3. The number of fused-ring (bicyclic) bond motifs is 5. The van der Waals surface area contributed by atoms with E-state index in [0.29, 0.717) is 0 Å². The molecular formula is C55H41N. The first-order valence-electron chi connectivity index (χ1n) is 19.5. The highest BCUT2D eigenvalue weighted by Gasteiger charge is 2.40. The van der Waals surface area contributed by atoms with Crippen LogP contribution < -0.4 is 4.90 Å². The molecule has 0 fully saturated rings. The lowest BCUT2D eigenvalue weighted by molar-refractivity contribution is 0.666. The summed E-state index contributed by atoms with van der Waals surface area (Å²) in [6, 6.07) is 77.5. The zero-order valence-electron chi connectivity index (χ0n) is 31.7. The van der Waals surface area contributed by atoms with E-state index in [1.807, 2.05) is 0 Å². The fourth-order valence-electron chi connectivity index (χ4n) is 9.05. The van der Waals surface area contributed by atoms with Crippen molar-refractivity contribution in [3.05, 3.63) is 223 Å². The predicted octanol–water partition coefficient (Wildman–Crippen LogP) is 15.3. The molecule has 0 aliphatic heterocycles. The lowest BCUT2D eigenvalue weighted by Gasteiger charge is -2.33. The van der Waals surface area contributed by atoms with E-state index in [0.717, 1.165) is 11.4 Å². The van der Waals surface area contributed by atoms with E-state index in [9.17, 15) is 0 Å². The van der Waals surface area contributed by atoms with Crippen molar-refractivity contribution >= 4 is 27.8 Å². The molecule has 9 aromatic rings. The minimum Gasteiger partial charge on any atom is -0.309 e. The Hall–Kier alpha value is -6.96. The van der Waals surface area contributed by atoms with Crippen LogP contribution in [0, 0.1) is 0 Å². The average molecular weight is 716 g/mol. The number of hydrogen-bond donors (Lipinski definition) is 0. The molecule has 0 radical (unpaired) electrons. The lowest BCUT2D eigenvalue weighted by Crippen LogP contribution is -2.17. The molecule has 10 rings (SSSR count). The fourth-order valence-corrected chi connectivity index (χ4v) is 9.05. The monoisotopic (exact) mass is 715 g/mol. The van der Waals surface area contributed by atoms with Gasteiger partial charge in [-0.3, -0.25) is 0 Å². The summed E-state index contributed by atoms with van der Waals surface area (Å²) >= 11 is 0. The molecule has 266 valence electrons. The van der Waals surface area contributed by atoms with Crippen LogP contribution in [0.25, 0.3) is 66.4 Å². The third-order valence-electron chi connectivity index (χ3n) is 11.6. The number of para-hydroxylation sites is 1. The zero-order valence-corrected chi connectivity index (χ0v) is 31.7. The normalized spacial score (nSPS) is 12.6. The van der Waals surface area contributed by atoms with Gasteiger partial charge in [-0.1, -0.05) is 208 Å². The Bertz CT molecular complexity index is 2840. The van der Waals surface area contributed by atoms with Crippen LogP contribution in [-0.4, -0.2) is 0 Å². The first-order valence-corrected chi connectivity index (χ1v) is 19.5. The molecule has 0 saturated carbocycles. The highest BCUT2D eigenvalue weighted by molar-refractivity contribution is 6.16. The van der Waals surface area contributed by atoms with Gasteiger partial charge in [0.15, 0.2) is 0 Å². The summed E-state index contributed by atoms with van der Waals surface area (Å²) in [7, 11) is 0. The quantitative estimate of drug-likeness (QED) is 0.159. The Labute approximate surface area is 329 Å². The van der Waals surface area contributed by atoms with Gasteiger partial charge in [0.25, 0.3) is 0 Å². The molecule has 0 unspecified atom stereocenters. The van der Waals surface area contributed by atoms with Crippen molar-refractivity contribution in [2.24, 2.45) is 0 Å². The standard InChI is InChI=1S/C55H41N/c1-55(2)49-28-16-14-27-48(49)52-51(43-22-10-5-11-23-43)54(47-26-13-12-25-46(47)53(52)55)56(44-36-34-41(35-37-44)39-20-8-4-9-21-39)50-29-17-15-24-45(50)42-32-30-40(31-33-42)38-18-6-3-7-19-38/h3-37H,1-2H3. The van der Waals surface area contributed by atoms with Crippen molar-refractivity contribution in [1.29, 1.82) is 0 Å². The van der Waals surface area contributed by atoms with Gasteiger partial charge in [-0.05, 0) is 79.2 Å². The third-order valence-corrected chi connectivity index (χ3v) is 11.6. The van der Waals surface area contributed by atoms with Crippen molar-refractivity contribution in [3.8, 4) is 55.6 Å². The third kappa shape index (κ3) is 5.55. The number of hydrogen-bond acceptors (Lipinski definition) is 1. The van der Waals surface area contributed by atoms with Gasteiger partial charge < -0.3 is 4.90 Å². The van der Waals surface area contributed by atoms with Crippen LogP contribution in [0.15, 0.2) is 212 Å². The van der Waals surface area contributed by atoms with Crippen LogP contribution in [0.2, 0.25) is 0 Å². The number of benzene rings is 9. The van der Waals surface area contributed by atoms with Gasteiger partial charge in [0.05, 0.1) is 11.4 Å². The van der Waals surface area contributed by atoms with E-state index in [1.54, 1.807) is 0 Å². The van der Waals surface area contributed by atoms with Crippen molar-refractivity contribution < 1.29 is 0 Å². The molecule has 0 bridgehead atoms. The SMILES string of the molecule is CC1(C)c2ccccc2-c2c(-c3ccccc3)c(N(c3ccc(-c4ccccc4)cc3)c3ccccc3-c3ccc(-c4ccccc4)cc3)c3ccccc3c21. The Kier molecular flexibility index (Phi) is 8.23. The van der Waals surface area contributed by atoms with Gasteiger partial charge in [0.2, 0.25) is 0 Å². The summed E-state index contributed by atoms with van der Waals surface area (Å²) in [6.45, 7) is 4.79. The van der Waals surface area contributed by atoms with E-state index >= 15 is 0 Å². The maximum Gasteiger partial charge on any atom is 0.0625 e. The van der Waals surface area contributed by atoms with Crippen molar-refractivity contribution in [2.75, 3.05) is 4.90 Å². The van der Waals surface area contributed by atoms with Crippen LogP contribution in [0.3, 0.4) is 0 Å². The molecule has 1 aliphatic carbocycles. The van der Waals surface area contributed by atoms with E-state index in [2.05, 4.69) is 231 Å². The molecule has 0 spiro atoms. The maximum absolute atomic E-state index is 2.54. The Balaban J connectivity index is 1.30. The summed E-state index contributed by atoms with van der Waals surface area (Å²) < 4.78 is 0. The van der Waals surface area contributed by atoms with Gasteiger partial charge in [-0.25, -0.2) is 0 Å². The second-order valence-electron chi connectivity index (χ2n) is 15.3. The van der Waals surface area contributed by atoms with Crippen LogP contribution in [0.5, 0.6) is 0 Å². The lowest BCUT2D eigenvalue weighted by atomic mass is 9.78. The van der Waals surface area contributed by atoms with Crippen LogP contribution in [0.1, 0.15) is 25.0 Å². The van der Waals surface area contributed by atoms with Gasteiger partial charge in [-0.2, -0.15) is 0 Å². The minimum absolute atomic E-state index is 0.186. The van der Waals surface area contributed by atoms with Crippen LogP contribution >= 0.6 is 0 Å². The first-order chi connectivity index (χ1) is 27.6. The topological polar surface area (TPSA) is 3.24 Å². The average Bonchev–Trinajstić information content (AvgIpc) is 3.51.